The molecule has 1 aromatic carbocycles. The van der Waals surface area contributed by atoms with E-state index in [1.165, 1.54) is 5.56 Å². The Labute approximate surface area is 72.5 Å². The van der Waals surface area contributed by atoms with Crippen LogP contribution < -0.4 is 0 Å². The summed E-state index contributed by atoms with van der Waals surface area (Å²) in [6.07, 6.45) is 0. The normalized spacial score (nSPS) is 9.73. The molecule has 0 aliphatic heterocycles. The van der Waals surface area contributed by atoms with Crippen molar-refractivity contribution < 1.29 is 0 Å². The zero-order valence-corrected chi connectivity index (χ0v) is 7.57. The molecule has 0 saturated heterocycles. The second-order valence-corrected chi connectivity index (χ2v) is 3.18. The summed E-state index contributed by atoms with van der Waals surface area (Å²) in [5.74, 6) is 0. The average molecular weight is 167 g/mol. The Morgan fingerprint density at radius 1 is 1.45 bits per heavy atom. The third kappa shape index (κ3) is 1.84. The van der Waals surface area contributed by atoms with E-state index in [4.69, 9.17) is 11.6 Å². The number of rotatable bonds is 1. The third-order valence-electron chi connectivity index (χ3n) is 1.66. The van der Waals surface area contributed by atoms with Crippen LogP contribution in [0.25, 0.3) is 5.57 Å². The zero-order valence-electron chi connectivity index (χ0n) is 6.82. The van der Waals surface area contributed by atoms with E-state index in [1.54, 1.807) is 0 Å². The predicted molar refractivity (Wildman–Crippen MR) is 50.9 cm³/mol. The van der Waals surface area contributed by atoms with Gasteiger partial charge in [-0.2, -0.15) is 0 Å². The van der Waals surface area contributed by atoms with E-state index in [2.05, 4.69) is 13.5 Å². The molecule has 0 aromatic heterocycles. The lowest BCUT2D eigenvalue weighted by molar-refractivity contribution is 1.41. The molecule has 0 nitrogen and oxygen atoms in total. The van der Waals surface area contributed by atoms with Gasteiger partial charge in [0.25, 0.3) is 0 Å². The highest BCUT2D eigenvalue weighted by atomic mass is 35.5. The fourth-order valence-corrected chi connectivity index (χ4v) is 1.23. The van der Waals surface area contributed by atoms with Gasteiger partial charge >= 0.3 is 0 Å². The molecule has 0 N–H and O–H groups in total. The highest BCUT2D eigenvalue weighted by Crippen LogP contribution is 2.20. The Balaban J connectivity index is 3.23. The smallest absolute Gasteiger partial charge is 0.0412 e. The zero-order chi connectivity index (χ0) is 8.43. The number of hydrogen-bond acceptors (Lipinski definition) is 0. The van der Waals surface area contributed by atoms with Crippen molar-refractivity contribution in [1.29, 1.82) is 0 Å². The lowest BCUT2D eigenvalue weighted by Crippen LogP contribution is -1.83. The Bertz CT molecular complexity index is 287. The fourth-order valence-electron chi connectivity index (χ4n) is 1.05. The number of halogens is 1. The van der Waals surface area contributed by atoms with Gasteiger partial charge in [0.05, 0.1) is 0 Å². The summed E-state index contributed by atoms with van der Waals surface area (Å²) in [5, 5.41) is 0.772. The van der Waals surface area contributed by atoms with Gasteiger partial charge in [0.2, 0.25) is 0 Å². The van der Waals surface area contributed by atoms with Gasteiger partial charge in [-0.15, -0.1) is 0 Å². The molecule has 0 atom stereocenters. The molecule has 0 bridgehead atoms. The van der Waals surface area contributed by atoms with E-state index in [9.17, 15) is 0 Å². The van der Waals surface area contributed by atoms with Crippen LogP contribution in [-0.2, 0) is 0 Å². The first-order valence-corrected chi connectivity index (χ1v) is 3.91. The van der Waals surface area contributed by atoms with Gasteiger partial charge in [0.1, 0.15) is 0 Å². The third-order valence-corrected chi connectivity index (χ3v) is 1.89. The average Bonchev–Trinajstić information content (AvgIpc) is 1.94. The number of hydrogen-bond donors (Lipinski definition) is 0. The van der Waals surface area contributed by atoms with E-state index >= 15 is 0 Å². The molecule has 0 unspecified atom stereocenters. The van der Waals surface area contributed by atoms with Crippen LogP contribution in [0, 0.1) is 6.92 Å². The van der Waals surface area contributed by atoms with Gasteiger partial charge in [0, 0.05) is 5.02 Å². The second-order valence-electron chi connectivity index (χ2n) is 2.74. The van der Waals surface area contributed by atoms with Gasteiger partial charge in [-0.3, -0.25) is 0 Å². The maximum atomic E-state index is 5.82. The lowest BCUT2D eigenvalue weighted by Gasteiger charge is -2.04. The largest absolute Gasteiger partial charge is 0.0955 e. The molecule has 0 radical (unpaired) electrons. The van der Waals surface area contributed by atoms with Crippen LogP contribution in [-0.4, -0.2) is 0 Å². The molecule has 0 fully saturated rings. The minimum atomic E-state index is 0.772. The van der Waals surface area contributed by atoms with Gasteiger partial charge in [0.15, 0.2) is 0 Å². The second kappa shape index (κ2) is 3.10. The molecule has 0 saturated carbocycles. The molecular weight excluding hydrogens is 156 g/mol. The van der Waals surface area contributed by atoms with Crippen LogP contribution in [0.4, 0.5) is 0 Å². The molecule has 0 aliphatic rings. The van der Waals surface area contributed by atoms with Gasteiger partial charge < -0.3 is 0 Å². The van der Waals surface area contributed by atoms with Gasteiger partial charge in [-0.1, -0.05) is 29.8 Å². The van der Waals surface area contributed by atoms with E-state index in [0.29, 0.717) is 0 Å². The Morgan fingerprint density at radius 2 is 2.09 bits per heavy atom. The van der Waals surface area contributed by atoms with Crippen molar-refractivity contribution >= 4 is 17.2 Å². The fraction of sp³-hybridized carbons (Fsp3) is 0.200. The molecule has 0 heterocycles. The quantitative estimate of drug-likeness (QED) is 0.597. The summed E-state index contributed by atoms with van der Waals surface area (Å²) in [4.78, 5) is 0. The summed E-state index contributed by atoms with van der Waals surface area (Å²) >= 11 is 5.82. The van der Waals surface area contributed by atoms with Gasteiger partial charge in [-0.05, 0) is 37.1 Å². The SMILES string of the molecule is C=C(C)c1cc(Cl)ccc1C. The van der Waals surface area contributed by atoms with E-state index < -0.39 is 0 Å². The lowest BCUT2D eigenvalue weighted by atomic mass is 10.0. The molecular formula is C10H11Cl. The van der Waals surface area contributed by atoms with Crippen molar-refractivity contribution in [1.82, 2.24) is 0 Å². The van der Waals surface area contributed by atoms with Crippen molar-refractivity contribution in [2.45, 2.75) is 13.8 Å². The summed E-state index contributed by atoms with van der Waals surface area (Å²) in [6.45, 7) is 7.91. The molecule has 58 valence electrons. The van der Waals surface area contributed by atoms with Crippen molar-refractivity contribution in [2.75, 3.05) is 0 Å². The van der Waals surface area contributed by atoms with Crippen molar-refractivity contribution in [2.24, 2.45) is 0 Å². The van der Waals surface area contributed by atoms with Crippen LogP contribution >= 0.6 is 11.6 Å². The molecule has 0 spiro atoms. The van der Waals surface area contributed by atoms with Crippen LogP contribution in [0.3, 0.4) is 0 Å². The first-order chi connectivity index (χ1) is 5.11. The first-order valence-electron chi connectivity index (χ1n) is 3.53. The van der Waals surface area contributed by atoms with Crippen molar-refractivity contribution in [3.05, 3.63) is 40.9 Å². The molecule has 1 aromatic rings. The summed E-state index contributed by atoms with van der Waals surface area (Å²) in [7, 11) is 0. The molecule has 0 aliphatic carbocycles. The number of allylic oxidation sites excluding steroid dienone is 1. The molecule has 11 heavy (non-hydrogen) atoms. The Hall–Kier alpha value is -0.750. The number of aryl methyl sites for hydroxylation is 1. The summed E-state index contributed by atoms with van der Waals surface area (Å²) in [6, 6.07) is 5.84. The van der Waals surface area contributed by atoms with Crippen LogP contribution in [0.1, 0.15) is 18.1 Å². The predicted octanol–water partition coefficient (Wildman–Crippen LogP) is 3.68. The minimum absolute atomic E-state index is 0.772. The van der Waals surface area contributed by atoms with Crippen molar-refractivity contribution in [3.63, 3.8) is 0 Å². The van der Waals surface area contributed by atoms with Crippen LogP contribution in [0.5, 0.6) is 0 Å². The van der Waals surface area contributed by atoms with Crippen LogP contribution in [0.15, 0.2) is 24.8 Å². The maximum absolute atomic E-state index is 5.82. The highest BCUT2D eigenvalue weighted by molar-refractivity contribution is 6.30. The van der Waals surface area contributed by atoms with Crippen LogP contribution in [0.2, 0.25) is 5.02 Å². The highest BCUT2D eigenvalue weighted by Gasteiger charge is 1.98. The van der Waals surface area contributed by atoms with E-state index in [0.717, 1.165) is 16.2 Å². The Kier molecular flexibility index (Phi) is 2.35. The van der Waals surface area contributed by atoms with E-state index in [1.807, 2.05) is 25.1 Å². The van der Waals surface area contributed by atoms with Gasteiger partial charge in [-0.25, -0.2) is 0 Å². The Morgan fingerprint density at radius 3 is 2.55 bits per heavy atom. The number of benzene rings is 1. The minimum Gasteiger partial charge on any atom is -0.0955 e. The molecule has 1 rings (SSSR count). The summed E-state index contributed by atoms with van der Waals surface area (Å²) < 4.78 is 0. The standard InChI is InChI=1S/C10H11Cl/c1-7(2)10-6-9(11)5-4-8(10)3/h4-6H,1H2,2-3H3. The maximum Gasteiger partial charge on any atom is 0.0412 e. The first kappa shape index (κ1) is 8.35. The van der Waals surface area contributed by atoms with Crippen molar-refractivity contribution in [3.8, 4) is 0 Å². The summed E-state index contributed by atoms with van der Waals surface area (Å²) in [5.41, 5.74) is 3.43. The molecule has 0 amide bonds. The molecule has 1 heteroatoms. The topological polar surface area (TPSA) is 0 Å². The monoisotopic (exact) mass is 166 g/mol. The van der Waals surface area contributed by atoms with E-state index in [-0.39, 0.29) is 0 Å².